The van der Waals surface area contributed by atoms with E-state index < -0.39 is 6.04 Å². The van der Waals surface area contributed by atoms with Gasteiger partial charge in [-0.2, -0.15) is 0 Å². The number of carbonyl (C=O) groups excluding carboxylic acids is 2. The second-order valence-electron chi connectivity index (χ2n) is 4.01. The lowest BCUT2D eigenvalue weighted by Crippen LogP contribution is -2.39. The summed E-state index contributed by atoms with van der Waals surface area (Å²) >= 11 is 0. The molecular formula is C13H19N3O2. The standard InChI is InChI=1S/C13H19N3O2/c1-3-11(14)13(18)16-8-9-4-6-10(7-5-9)12(17)15-2/h4-7,11H,3,8,14H2,1-2H3,(H,15,17)(H,16,18)/t11-/m1/s1. The molecule has 2 amide bonds. The Morgan fingerprint density at radius 3 is 2.39 bits per heavy atom. The molecule has 0 aliphatic heterocycles. The van der Waals surface area contributed by atoms with Crippen LogP contribution in [0.5, 0.6) is 0 Å². The third-order valence-corrected chi connectivity index (χ3v) is 2.69. The number of amides is 2. The van der Waals surface area contributed by atoms with Gasteiger partial charge in [-0.1, -0.05) is 19.1 Å². The average molecular weight is 249 g/mol. The second kappa shape index (κ2) is 6.76. The number of nitrogens with one attached hydrogen (secondary N) is 2. The molecule has 0 bridgehead atoms. The van der Waals surface area contributed by atoms with E-state index in [1.807, 2.05) is 19.1 Å². The van der Waals surface area contributed by atoms with E-state index in [1.165, 1.54) is 0 Å². The van der Waals surface area contributed by atoms with Crippen LogP contribution in [0, 0.1) is 0 Å². The van der Waals surface area contributed by atoms with Crippen molar-refractivity contribution in [3.05, 3.63) is 35.4 Å². The molecule has 4 N–H and O–H groups in total. The molecule has 0 spiro atoms. The Labute approximate surface area is 107 Å². The number of hydrogen-bond acceptors (Lipinski definition) is 3. The van der Waals surface area contributed by atoms with Crippen LogP contribution >= 0.6 is 0 Å². The third-order valence-electron chi connectivity index (χ3n) is 2.69. The maximum Gasteiger partial charge on any atom is 0.251 e. The van der Waals surface area contributed by atoms with Crippen molar-refractivity contribution in [2.45, 2.75) is 25.9 Å². The van der Waals surface area contributed by atoms with Crippen molar-refractivity contribution in [2.75, 3.05) is 7.05 Å². The summed E-state index contributed by atoms with van der Waals surface area (Å²) in [7, 11) is 1.59. The Kier molecular flexibility index (Phi) is 5.32. The fourth-order valence-corrected chi connectivity index (χ4v) is 1.42. The average Bonchev–Trinajstić information content (AvgIpc) is 2.43. The van der Waals surface area contributed by atoms with E-state index in [2.05, 4.69) is 10.6 Å². The molecule has 0 heterocycles. The number of nitrogens with two attached hydrogens (primary N) is 1. The SMILES string of the molecule is CC[C@@H](N)C(=O)NCc1ccc(C(=O)NC)cc1. The van der Waals surface area contributed by atoms with Gasteiger partial charge in [-0.15, -0.1) is 0 Å². The van der Waals surface area contributed by atoms with Crippen LogP contribution in [0.15, 0.2) is 24.3 Å². The minimum absolute atomic E-state index is 0.126. The van der Waals surface area contributed by atoms with Gasteiger partial charge in [0.15, 0.2) is 0 Å². The van der Waals surface area contributed by atoms with Gasteiger partial charge in [0.25, 0.3) is 5.91 Å². The lowest BCUT2D eigenvalue weighted by molar-refractivity contribution is -0.122. The Morgan fingerprint density at radius 2 is 1.89 bits per heavy atom. The summed E-state index contributed by atoms with van der Waals surface area (Å²) in [5, 5.41) is 5.30. The molecule has 0 aromatic heterocycles. The molecule has 0 aliphatic carbocycles. The van der Waals surface area contributed by atoms with Gasteiger partial charge in [0, 0.05) is 19.2 Å². The van der Waals surface area contributed by atoms with Gasteiger partial charge in [0.1, 0.15) is 0 Å². The van der Waals surface area contributed by atoms with Crippen LogP contribution < -0.4 is 16.4 Å². The van der Waals surface area contributed by atoms with Gasteiger partial charge >= 0.3 is 0 Å². The van der Waals surface area contributed by atoms with Crippen molar-refractivity contribution >= 4 is 11.8 Å². The van der Waals surface area contributed by atoms with Gasteiger partial charge in [0.05, 0.1) is 6.04 Å². The van der Waals surface area contributed by atoms with Crippen LogP contribution in [-0.2, 0) is 11.3 Å². The van der Waals surface area contributed by atoms with Crippen molar-refractivity contribution in [3.8, 4) is 0 Å². The van der Waals surface area contributed by atoms with Crippen molar-refractivity contribution in [1.29, 1.82) is 0 Å². The Bertz CT molecular complexity index is 415. The predicted octanol–water partition coefficient (Wildman–Crippen LogP) is 0.400. The predicted molar refractivity (Wildman–Crippen MR) is 69.9 cm³/mol. The van der Waals surface area contributed by atoms with Crippen LogP contribution in [0.3, 0.4) is 0 Å². The van der Waals surface area contributed by atoms with E-state index >= 15 is 0 Å². The molecule has 1 aromatic rings. The third kappa shape index (κ3) is 3.85. The van der Waals surface area contributed by atoms with Crippen molar-refractivity contribution < 1.29 is 9.59 Å². The molecule has 1 rings (SSSR count). The quantitative estimate of drug-likeness (QED) is 0.706. The molecule has 1 atom stereocenters. The first-order chi connectivity index (χ1) is 8.58. The zero-order chi connectivity index (χ0) is 13.5. The summed E-state index contributed by atoms with van der Waals surface area (Å²) < 4.78 is 0. The normalized spacial score (nSPS) is 11.7. The van der Waals surface area contributed by atoms with Gasteiger partial charge in [-0.05, 0) is 24.1 Å². The molecule has 5 heteroatoms. The fourth-order valence-electron chi connectivity index (χ4n) is 1.42. The summed E-state index contributed by atoms with van der Waals surface area (Å²) in [6, 6.07) is 6.60. The van der Waals surface area contributed by atoms with E-state index in [0.29, 0.717) is 18.5 Å². The topological polar surface area (TPSA) is 84.2 Å². The van der Waals surface area contributed by atoms with Crippen molar-refractivity contribution in [1.82, 2.24) is 10.6 Å². The first-order valence-electron chi connectivity index (χ1n) is 5.92. The summed E-state index contributed by atoms with van der Waals surface area (Å²) in [6.45, 7) is 2.28. The van der Waals surface area contributed by atoms with Crippen LogP contribution in [0.4, 0.5) is 0 Å². The van der Waals surface area contributed by atoms with Gasteiger partial charge in [-0.25, -0.2) is 0 Å². The molecule has 0 unspecified atom stereocenters. The van der Waals surface area contributed by atoms with Crippen LogP contribution in [0.2, 0.25) is 0 Å². The largest absolute Gasteiger partial charge is 0.355 e. The highest BCUT2D eigenvalue weighted by Gasteiger charge is 2.10. The first-order valence-corrected chi connectivity index (χ1v) is 5.92. The summed E-state index contributed by atoms with van der Waals surface area (Å²) in [6.07, 6.45) is 0.613. The Hall–Kier alpha value is -1.88. The molecule has 1 aromatic carbocycles. The van der Waals surface area contributed by atoms with Gasteiger partial charge < -0.3 is 16.4 Å². The molecular weight excluding hydrogens is 230 g/mol. The molecule has 98 valence electrons. The highest BCUT2D eigenvalue weighted by molar-refractivity contribution is 5.93. The van der Waals surface area contributed by atoms with Crippen LogP contribution in [0.25, 0.3) is 0 Å². The zero-order valence-electron chi connectivity index (χ0n) is 10.7. The molecule has 0 fully saturated rings. The van der Waals surface area contributed by atoms with E-state index in [1.54, 1.807) is 19.2 Å². The maximum atomic E-state index is 11.5. The Morgan fingerprint density at radius 1 is 1.28 bits per heavy atom. The van der Waals surface area contributed by atoms with Crippen LogP contribution in [0.1, 0.15) is 29.3 Å². The molecule has 0 saturated carbocycles. The van der Waals surface area contributed by atoms with E-state index in [4.69, 9.17) is 5.73 Å². The lowest BCUT2D eigenvalue weighted by Gasteiger charge is -2.10. The smallest absolute Gasteiger partial charge is 0.251 e. The number of rotatable bonds is 5. The zero-order valence-corrected chi connectivity index (χ0v) is 10.7. The lowest BCUT2D eigenvalue weighted by atomic mass is 10.1. The number of benzene rings is 1. The minimum Gasteiger partial charge on any atom is -0.355 e. The van der Waals surface area contributed by atoms with E-state index in [0.717, 1.165) is 5.56 Å². The van der Waals surface area contributed by atoms with E-state index in [9.17, 15) is 9.59 Å². The van der Waals surface area contributed by atoms with Crippen molar-refractivity contribution in [2.24, 2.45) is 5.73 Å². The summed E-state index contributed by atoms with van der Waals surface area (Å²) in [5.41, 5.74) is 7.12. The van der Waals surface area contributed by atoms with Gasteiger partial charge in [0.2, 0.25) is 5.91 Å². The highest BCUT2D eigenvalue weighted by atomic mass is 16.2. The Balaban J connectivity index is 2.54. The minimum atomic E-state index is -0.463. The summed E-state index contributed by atoms with van der Waals surface area (Å²) in [5.74, 6) is -0.286. The van der Waals surface area contributed by atoms with Crippen molar-refractivity contribution in [3.63, 3.8) is 0 Å². The molecule has 0 saturated heterocycles. The number of hydrogen-bond donors (Lipinski definition) is 3. The fraction of sp³-hybridized carbons (Fsp3) is 0.385. The maximum absolute atomic E-state index is 11.5. The number of carbonyl (C=O) groups is 2. The second-order valence-corrected chi connectivity index (χ2v) is 4.01. The molecule has 0 radical (unpaired) electrons. The molecule has 0 aliphatic rings. The van der Waals surface area contributed by atoms with Crippen LogP contribution in [-0.4, -0.2) is 24.9 Å². The monoisotopic (exact) mass is 249 g/mol. The van der Waals surface area contributed by atoms with Gasteiger partial charge in [-0.3, -0.25) is 9.59 Å². The summed E-state index contributed by atoms with van der Waals surface area (Å²) in [4.78, 5) is 22.8. The highest BCUT2D eigenvalue weighted by Crippen LogP contribution is 2.04. The molecule has 18 heavy (non-hydrogen) atoms. The first kappa shape index (κ1) is 14.2. The van der Waals surface area contributed by atoms with E-state index in [-0.39, 0.29) is 11.8 Å². The molecule has 5 nitrogen and oxygen atoms in total.